The topological polar surface area (TPSA) is 72.9 Å². The van der Waals surface area contributed by atoms with E-state index in [9.17, 15) is 14.4 Å². The third-order valence-electron chi connectivity index (χ3n) is 1.62. The maximum Gasteiger partial charge on any atom is 0.358 e. The summed E-state index contributed by atoms with van der Waals surface area (Å²) in [5, 5.41) is 0.501. The SMILES string of the molecule is CCOCC(=O)ON1C(=O)CCC1=O. The summed E-state index contributed by atoms with van der Waals surface area (Å²) in [5.41, 5.74) is 0. The van der Waals surface area contributed by atoms with Gasteiger partial charge in [-0.1, -0.05) is 0 Å². The van der Waals surface area contributed by atoms with Gasteiger partial charge in [-0.05, 0) is 6.92 Å². The predicted octanol–water partition coefficient (Wildman–Crippen LogP) is -0.370. The zero-order chi connectivity index (χ0) is 10.6. The smallest absolute Gasteiger partial charge is 0.358 e. The van der Waals surface area contributed by atoms with Crippen LogP contribution in [0.25, 0.3) is 0 Å². The van der Waals surface area contributed by atoms with E-state index in [2.05, 4.69) is 4.84 Å². The van der Waals surface area contributed by atoms with Crippen molar-refractivity contribution in [3.05, 3.63) is 0 Å². The lowest BCUT2D eigenvalue weighted by molar-refractivity contribution is -0.200. The van der Waals surface area contributed by atoms with E-state index in [1.54, 1.807) is 6.92 Å². The Bertz CT molecular complexity index is 246. The number of rotatable bonds is 4. The predicted molar refractivity (Wildman–Crippen MR) is 43.7 cm³/mol. The first-order chi connectivity index (χ1) is 6.65. The summed E-state index contributed by atoms with van der Waals surface area (Å²) < 4.78 is 4.75. The molecular weight excluding hydrogens is 190 g/mol. The average Bonchev–Trinajstić information content (AvgIpc) is 2.46. The largest absolute Gasteiger partial charge is 0.370 e. The number of amides is 2. The average molecular weight is 201 g/mol. The maximum atomic E-state index is 11.0. The Balaban J connectivity index is 2.39. The molecule has 1 fully saturated rings. The normalized spacial score (nSPS) is 16.2. The fourth-order valence-corrected chi connectivity index (χ4v) is 0.971. The molecule has 0 atom stereocenters. The van der Waals surface area contributed by atoms with Crippen LogP contribution < -0.4 is 0 Å². The number of carbonyl (C=O) groups excluding carboxylic acids is 3. The number of imide groups is 1. The van der Waals surface area contributed by atoms with Crippen LogP contribution in [-0.2, 0) is 24.0 Å². The van der Waals surface area contributed by atoms with E-state index in [1.165, 1.54) is 0 Å². The molecule has 78 valence electrons. The van der Waals surface area contributed by atoms with Gasteiger partial charge in [0.1, 0.15) is 6.61 Å². The fourth-order valence-electron chi connectivity index (χ4n) is 0.971. The monoisotopic (exact) mass is 201 g/mol. The zero-order valence-corrected chi connectivity index (χ0v) is 7.82. The van der Waals surface area contributed by atoms with E-state index >= 15 is 0 Å². The minimum Gasteiger partial charge on any atom is -0.370 e. The second-order valence-electron chi connectivity index (χ2n) is 2.68. The lowest BCUT2D eigenvalue weighted by atomic mass is 10.4. The molecule has 0 aromatic carbocycles. The summed E-state index contributed by atoms with van der Waals surface area (Å²) in [5.74, 6) is -1.71. The van der Waals surface area contributed by atoms with Crippen LogP contribution in [0.5, 0.6) is 0 Å². The van der Waals surface area contributed by atoms with Gasteiger partial charge in [0, 0.05) is 19.4 Å². The Hall–Kier alpha value is -1.43. The number of nitrogens with zero attached hydrogens (tertiary/aromatic N) is 1. The molecule has 0 N–H and O–H groups in total. The molecule has 6 nitrogen and oxygen atoms in total. The van der Waals surface area contributed by atoms with Crippen LogP contribution >= 0.6 is 0 Å². The van der Waals surface area contributed by atoms with Crippen LogP contribution in [0.1, 0.15) is 19.8 Å². The van der Waals surface area contributed by atoms with Gasteiger partial charge < -0.3 is 9.57 Å². The van der Waals surface area contributed by atoms with Crippen LogP contribution in [-0.4, -0.2) is 36.1 Å². The van der Waals surface area contributed by atoms with Gasteiger partial charge in [-0.3, -0.25) is 9.59 Å². The van der Waals surface area contributed by atoms with Crippen LogP contribution in [0, 0.1) is 0 Å². The maximum absolute atomic E-state index is 11.0. The molecule has 0 spiro atoms. The molecule has 1 rings (SSSR count). The lowest BCUT2D eigenvalue weighted by Crippen LogP contribution is -2.33. The van der Waals surface area contributed by atoms with Crippen molar-refractivity contribution in [1.29, 1.82) is 0 Å². The van der Waals surface area contributed by atoms with E-state index in [0.29, 0.717) is 11.7 Å². The Labute approximate surface area is 80.7 Å². The van der Waals surface area contributed by atoms with Crippen LogP contribution in [0.2, 0.25) is 0 Å². The molecule has 2 amide bonds. The van der Waals surface area contributed by atoms with Gasteiger partial charge in [-0.2, -0.15) is 0 Å². The summed E-state index contributed by atoms with van der Waals surface area (Å²) in [6.45, 7) is 1.84. The van der Waals surface area contributed by atoms with Gasteiger partial charge in [0.25, 0.3) is 11.8 Å². The Morgan fingerprint density at radius 3 is 2.43 bits per heavy atom. The highest BCUT2D eigenvalue weighted by Gasteiger charge is 2.32. The van der Waals surface area contributed by atoms with Crippen molar-refractivity contribution in [2.24, 2.45) is 0 Å². The molecule has 0 unspecified atom stereocenters. The molecule has 1 heterocycles. The van der Waals surface area contributed by atoms with E-state index in [-0.39, 0.29) is 19.4 Å². The third kappa shape index (κ3) is 2.53. The van der Waals surface area contributed by atoms with Crippen molar-refractivity contribution >= 4 is 17.8 Å². The highest BCUT2D eigenvalue weighted by molar-refractivity contribution is 6.01. The van der Waals surface area contributed by atoms with Crippen molar-refractivity contribution in [2.75, 3.05) is 13.2 Å². The van der Waals surface area contributed by atoms with E-state index in [4.69, 9.17) is 4.74 Å². The Morgan fingerprint density at radius 2 is 1.93 bits per heavy atom. The van der Waals surface area contributed by atoms with Crippen molar-refractivity contribution in [2.45, 2.75) is 19.8 Å². The van der Waals surface area contributed by atoms with E-state index in [1.807, 2.05) is 0 Å². The summed E-state index contributed by atoms with van der Waals surface area (Å²) in [4.78, 5) is 37.4. The molecule has 0 bridgehead atoms. The van der Waals surface area contributed by atoms with E-state index < -0.39 is 17.8 Å². The minimum absolute atomic E-state index is 0.0980. The van der Waals surface area contributed by atoms with Crippen molar-refractivity contribution in [3.63, 3.8) is 0 Å². The Morgan fingerprint density at radius 1 is 1.36 bits per heavy atom. The van der Waals surface area contributed by atoms with Gasteiger partial charge in [-0.25, -0.2) is 4.79 Å². The molecule has 1 saturated heterocycles. The summed E-state index contributed by atoms with van der Waals surface area (Å²) in [6.07, 6.45) is 0.196. The highest BCUT2D eigenvalue weighted by Crippen LogP contribution is 2.11. The third-order valence-corrected chi connectivity index (χ3v) is 1.62. The summed E-state index contributed by atoms with van der Waals surface area (Å²) >= 11 is 0. The van der Waals surface area contributed by atoms with Gasteiger partial charge >= 0.3 is 5.97 Å². The van der Waals surface area contributed by atoms with Crippen molar-refractivity contribution < 1.29 is 24.0 Å². The first-order valence-corrected chi connectivity index (χ1v) is 4.29. The van der Waals surface area contributed by atoms with Gasteiger partial charge in [0.15, 0.2) is 0 Å². The molecule has 1 aliphatic heterocycles. The second kappa shape index (κ2) is 4.71. The van der Waals surface area contributed by atoms with Crippen molar-refractivity contribution in [1.82, 2.24) is 5.06 Å². The molecule has 0 saturated carbocycles. The molecule has 14 heavy (non-hydrogen) atoms. The van der Waals surface area contributed by atoms with Crippen LogP contribution in [0.15, 0.2) is 0 Å². The molecular formula is C8H11NO5. The summed E-state index contributed by atoms with van der Waals surface area (Å²) in [7, 11) is 0. The van der Waals surface area contributed by atoms with Crippen molar-refractivity contribution in [3.8, 4) is 0 Å². The summed E-state index contributed by atoms with van der Waals surface area (Å²) in [6, 6.07) is 0. The fraction of sp³-hybridized carbons (Fsp3) is 0.625. The first kappa shape index (κ1) is 10.6. The number of hydrogen-bond donors (Lipinski definition) is 0. The van der Waals surface area contributed by atoms with E-state index in [0.717, 1.165) is 0 Å². The number of ether oxygens (including phenoxy) is 1. The van der Waals surface area contributed by atoms with Crippen LogP contribution in [0.4, 0.5) is 0 Å². The molecule has 6 heteroatoms. The molecule has 0 aromatic heterocycles. The number of hydrogen-bond acceptors (Lipinski definition) is 5. The van der Waals surface area contributed by atoms with Gasteiger partial charge in [-0.15, -0.1) is 5.06 Å². The van der Waals surface area contributed by atoms with Gasteiger partial charge in [0.2, 0.25) is 0 Å². The minimum atomic E-state index is -0.740. The second-order valence-corrected chi connectivity index (χ2v) is 2.68. The molecule has 0 radical (unpaired) electrons. The zero-order valence-electron chi connectivity index (χ0n) is 7.82. The molecule has 0 aliphatic carbocycles. The molecule has 1 aliphatic rings. The number of hydroxylamine groups is 2. The Kier molecular flexibility index (Phi) is 3.58. The quantitative estimate of drug-likeness (QED) is 0.580. The lowest BCUT2D eigenvalue weighted by Gasteiger charge is -2.11. The van der Waals surface area contributed by atoms with Crippen LogP contribution in [0.3, 0.4) is 0 Å². The highest BCUT2D eigenvalue weighted by atomic mass is 16.7. The standard InChI is InChI=1S/C8H11NO5/c1-2-13-5-8(12)14-9-6(10)3-4-7(9)11/h2-5H2,1H3. The molecule has 0 aromatic rings. The van der Waals surface area contributed by atoms with Gasteiger partial charge in [0.05, 0.1) is 0 Å². The number of carbonyl (C=O) groups is 3. The first-order valence-electron chi connectivity index (χ1n) is 4.29.